The van der Waals surface area contributed by atoms with Gasteiger partial charge in [0.25, 0.3) is 0 Å². The number of methoxy groups -OCH3 is 1. The van der Waals surface area contributed by atoms with Crippen molar-refractivity contribution in [2.75, 3.05) is 7.11 Å². The topological polar surface area (TPSA) is 46.5 Å². The molecule has 0 saturated carbocycles. The van der Waals surface area contributed by atoms with E-state index in [9.17, 15) is 4.79 Å². The molecule has 10 heavy (non-hydrogen) atoms. The van der Waals surface area contributed by atoms with Crippen molar-refractivity contribution in [3.8, 4) is 0 Å². The Bertz CT molecular complexity index is 140. The van der Waals surface area contributed by atoms with Crippen LogP contribution < -0.4 is 0 Å². The van der Waals surface area contributed by atoms with Gasteiger partial charge in [-0.15, -0.1) is 0 Å². The molecule has 0 radical (unpaired) electrons. The first kappa shape index (κ1) is 9.01. The average Bonchev–Trinajstić information content (AvgIpc) is 1.87. The van der Waals surface area contributed by atoms with Crippen molar-refractivity contribution in [1.82, 2.24) is 0 Å². The SMILES string of the molecule is C=C(C[C@@H](C)C(=O)O)OC. The number of carboxylic acid groups (broad SMARTS) is 1. The first-order valence-corrected chi connectivity index (χ1v) is 3.02. The second-order valence-electron chi connectivity index (χ2n) is 2.19. The number of hydrogen-bond acceptors (Lipinski definition) is 2. The minimum absolute atomic E-state index is 0.381. The van der Waals surface area contributed by atoms with Gasteiger partial charge in [0, 0.05) is 6.42 Å². The molecule has 0 rings (SSSR count). The van der Waals surface area contributed by atoms with Crippen LogP contribution in [0.2, 0.25) is 0 Å². The summed E-state index contributed by atoms with van der Waals surface area (Å²) in [5, 5.41) is 8.43. The molecule has 0 aromatic rings. The van der Waals surface area contributed by atoms with Crippen LogP contribution in [0.25, 0.3) is 0 Å². The van der Waals surface area contributed by atoms with Crippen molar-refractivity contribution in [2.24, 2.45) is 5.92 Å². The van der Waals surface area contributed by atoms with Gasteiger partial charge >= 0.3 is 5.97 Å². The molecule has 0 aliphatic heterocycles. The lowest BCUT2D eigenvalue weighted by Crippen LogP contribution is -2.10. The van der Waals surface area contributed by atoms with Crippen LogP contribution >= 0.6 is 0 Å². The first-order chi connectivity index (χ1) is 4.57. The zero-order chi connectivity index (χ0) is 8.15. The van der Waals surface area contributed by atoms with E-state index in [4.69, 9.17) is 9.84 Å². The summed E-state index contributed by atoms with van der Waals surface area (Å²) >= 11 is 0. The van der Waals surface area contributed by atoms with E-state index in [0.717, 1.165) is 0 Å². The molecule has 0 spiro atoms. The highest BCUT2D eigenvalue weighted by molar-refractivity contribution is 5.69. The maximum atomic E-state index is 10.3. The summed E-state index contributed by atoms with van der Waals surface area (Å²) in [5.74, 6) is -0.722. The quantitative estimate of drug-likeness (QED) is 0.604. The van der Waals surface area contributed by atoms with Gasteiger partial charge in [-0.05, 0) is 0 Å². The zero-order valence-electron chi connectivity index (χ0n) is 6.26. The van der Waals surface area contributed by atoms with Gasteiger partial charge in [0.2, 0.25) is 0 Å². The van der Waals surface area contributed by atoms with Crippen molar-refractivity contribution >= 4 is 5.97 Å². The predicted molar refractivity (Wildman–Crippen MR) is 37.6 cm³/mol. The van der Waals surface area contributed by atoms with E-state index < -0.39 is 11.9 Å². The van der Waals surface area contributed by atoms with Crippen LogP contribution in [0.4, 0.5) is 0 Å². The molecule has 0 aromatic carbocycles. The van der Waals surface area contributed by atoms with Crippen LogP contribution in [0.15, 0.2) is 12.3 Å². The molecule has 0 aliphatic rings. The van der Waals surface area contributed by atoms with Crippen LogP contribution in [0.1, 0.15) is 13.3 Å². The number of aliphatic carboxylic acids is 1. The summed E-state index contributed by atoms with van der Waals surface area (Å²) in [6, 6.07) is 0. The third kappa shape index (κ3) is 3.12. The summed E-state index contributed by atoms with van der Waals surface area (Å²) < 4.78 is 4.71. The molecule has 0 bridgehead atoms. The number of rotatable bonds is 4. The van der Waals surface area contributed by atoms with Crippen molar-refractivity contribution in [3.63, 3.8) is 0 Å². The molecule has 1 N–H and O–H groups in total. The van der Waals surface area contributed by atoms with Crippen LogP contribution in [0.5, 0.6) is 0 Å². The third-order valence-electron chi connectivity index (χ3n) is 1.24. The van der Waals surface area contributed by atoms with Gasteiger partial charge in [0.1, 0.15) is 0 Å². The van der Waals surface area contributed by atoms with E-state index in [1.807, 2.05) is 0 Å². The standard InChI is InChI=1S/C7H12O3/c1-5(7(8)9)4-6(2)10-3/h5H,2,4H2,1,3H3,(H,8,9)/t5-/m1/s1. The van der Waals surface area contributed by atoms with Gasteiger partial charge in [-0.3, -0.25) is 4.79 Å². The lowest BCUT2D eigenvalue weighted by Gasteiger charge is -2.06. The highest BCUT2D eigenvalue weighted by Crippen LogP contribution is 2.09. The molecule has 0 aromatic heterocycles. The monoisotopic (exact) mass is 144 g/mol. The molecule has 1 atom stereocenters. The van der Waals surface area contributed by atoms with Gasteiger partial charge < -0.3 is 9.84 Å². The first-order valence-electron chi connectivity index (χ1n) is 3.02. The fourth-order valence-electron chi connectivity index (χ4n) is 0.512. The molecular formula is C7H12O3. The van der Waals surface area contributed by atoms with E-state index >= 15 is 0 Å². The predicted octanol–water partition coefficient (Wildman–Crippen LogP) is 1.26. The van der Waals surface area contributed by atoms with Crippen molar-refractivity contribution in [1.29, 1.82) is 0 Å². The molecule has 0 heterocycles. The van der Waals surface area contributed by atoms with Crippen molar-refractivity contribution in [2.45, 2.75) is 13.3 Å². The Morgan fingerprint density at radius 1 is 1.80 bits per heavy atom. The Morgan fingerprint density at radius 3 is 2.60 bits per heavy atom. The van der Waals surface area contributed by atoms with Gasteiger partial charge in [-0.1, -0.05) is 13.5 Å². The van der Waals surface area contributed by atoms with Gasteiger partial charge in [0.15, 0.2) is 0 Å². The van der Waals surface area contributed by atoms with Gasteiger partial charge in [0.05, 0.1) is 18.8 Å². The van der Waals surface area contributed by atoms with Crippen LogP contribution in [-0.4, -0.2) is 18.2 Å². The van der Waals surface area contributed by atoms with Gasteiger partial charge in [-0.2, -0.15) is 0 Å². The summed E-state index contributed by atoms with van der Waals surface area (Å²) in [4.78, 5) is 10.3. The average molecular weight is 144 g/mol. The van der Waals surface area contributed by atoms with Crippen molar-refractivity contribution in [3.05, 3.63) is 12.3 Å². The molecule has 58 valence electrons. The Labute approximate surface area is 60.3 Å². The van der Waals surface area contributed by atoms with Crippen molar-refractivity contribution < 1.29 is 14.6 Å². The molecule has 0 unspecified atom stereocenters. The fraction of sp³-hybridized carbons (Fsp3) is 0.571. The Morgan fingerprint density at radius 2 is 2.30 bits per heavy atom. The summed E-state index contributed by atoms with van der Waals surface area (Å²) in [6.45, 7) is 5.13. The summed E-state index contributed by atoms with van der Waals surface area (Å²) in [6.07, 6.45) is 0.381. The summed E-state index contributed by atoms with van der Waals surface area (Å²) in [7, 11) is 1.48. The number of hydrogen-bond donors (Lipinski definition) is 1. The number of ether oxygens (including phenoxy) is 1. The van der Waals surface area contributed by atoms with Gasteiger partial charge in [-0.25, -0.2) is 0 Å². The Hall–Kier alpha value is -0.990. The van der Waals surface area contributed by atoms with E-state index in [1.54, 1.807) is 6.92 Å². The summed E-state index contributed by atoms with van der Waals surface area (Å²) in [5.41, 5.74) is 0. The number of carbonyl (C=O) groups is 1. The highest BCUT2D eigenvalue weighted by atomic mass is 16.5. The molecular weight excluding hydrogens is 132 g/mol. The second-order valence-corrected chi connectivity index (χ2v) is 2.19. The van der Waals surface area contributed by atoms with Crippen LogP contribution in [-0.2, 0) is 9.53 Å². The largest absolute Gasteiger partial charge is 0.502 e. The minimum atomic E-state index is -0.821. The maximum absolute atomic E-state index is 10.3. The van der Waals surface area contributed by atoms with E-state index in [1.165, 1.54) is 7.11 Å². The van der Waals surface area contributed by atoms with Crippen LogP contribution in [0, 0.1) is 5.92 Å². The van der Waals surface area contributed by atoms with E-state index in [2.05, 4.69) is 6.58 Å². The smallest absolute Gasteiger partial charge is 0.306 e. The normalized spacial score (nSPS) is 12.2. The fourth-order valence-corrected chi connectivity index (χ4v) is 0.512. The van der Waals surface area contributed by atoms with Crippen LogP contribution in [0.3, 0.4) is 0 Å². The number of allylic oxidation sites excluding steroid dienone is 1. The van der Waals surface area contributed by atoms with E-state index in [-0.39, 0.29) is 0 Å². The molecule has 0 saturated heterocycles. The molecule has 3 heteroatoms. The Balaban J connectivity index is 3.68. The highest BCUT2D eigenvalue weighted by Gasteiger charge is 2.11. The lowest BCUT2D eigenvalue weighted by molar-refractivity contribution is -0.141. The number of carboxylic acids is 1. The third-order valence-corrected chi connectivity index (χ3v) is 1.24. The second kappa shape index (κ2) is 3.93. The molecule has 0 fully saturated rings. The lowest BCUT2D eigenvalue weighted by atomic mass is 10.1. The van der Waals surface area contributed by atoms with E-state index in [0.29, 0.717) is 12.2 Å². The zero-order valence-corrected chi connectivity index (χ0v) is 6.26. The minimum Gasteiger partial charge on any atom is -0.502 e. The maximum Gasteiger partial charge on any atom is 0.306 e. The molecule has 0 aliphatic carbocycles. The molecule has 3 nitrogen and oxygen atoms in total. The Kier molecular flexibility index (Phi) is 3.54. The molecule has 0 amide bonds.